The summed E-state index contributed by atoms with van der Waals surface area (Å²) < 4.78 is 1.04. The van der Waals surface area contributed by atoms with Crippen molar-refractivity contribution in [2.75, 3.05) is 5.32 Å². The Balaban J connectivity index is 2.00. The molecule has 2 rings (SSSR count). The Labute approximate surface area is 120 Å². The highest BCUT2D eigenvalue weighted by molar-refractivity contribution is 9.10. The summed E-state index contributed by atoms with van der Waals surface area (Å²) in [7, 11) is 0. The van der Waals surface area contributed by atoms with E-state index in [0.717, 1.165) is 15.7 Å². The van der Waals surface area contributed by atoms with Crippen molar-refractivity contribution in [3.63, 3.8) is 0 Å². The zero-order valence-electron chi connectivity index (χ0n) is 10.2. The van der Waals surface area contributed by atoms with Gasteiger partial charge in [-0.2, -0.15) is 0 Å². The van der Waals surface area contributed by atoms with Gasteiger partial charge >= 0.3 is 0 Å². The van der Waals surface area contributed by atoms with Gasteiger partial charge < -0.3 is 16.3 Å². The molecule has 0 spiro atoms. The molecule has 0 aliphatic carbocycles. The predicted molar refractivity (Wildman–Crippen MR) is 80.4 cm³/mol. The van der Waals surface area contributed by atoms with Gasteiger partial charge in [-0.15, -0.1) is 0 Å². The van der Waals surface area contributed by atoms with E-state index in [-0.39, 0.29) is 5.84 Å². The SMILES string of the molecule is NC(=NO)c1ccc(CNc2cccc(Br)c2)cc1. The first kappa shape index (κ1) is 13.4. The van der Waals surface area contributed by atoms with Crippen LogP contribution in [0.4, 0.5) is 5.69 Å². The molecule has 4 N–H and O–H groups in total. The molecule has 4 nitrogen and oxygen atoms in total. The first-order chi connectivity index (χ1) is 9.19. The van der Waals surface area contributed by atoms with E-state index in [1.54, 1.807) is 0 Å². The van der Waals surface area contributed by atoms with Crippen molar-refractivity contribution in [3.8, 4) is 0 Å². The van der Waals surface area contributed by atoms with Crippen molar-refractivity contribution in [2.45, 2.75) is 6.54 Å². The quantitative estimate of drug-likeness (QED) is 0.351. The van der Waals surface area contributed by atoms with E-state index in [1.165, 1.54) is 0 Å². The number of amidine groups is 1. The third kappa shape index (κ3) is 3.72. The van der Waals surface area contributed by atoms with Crippen LogP contribution >= 0.6 is 15.9 Å². The summed E-state index contributed by atoms with van der Waals surface area (Å²) in [6, 6.07) is 15.5. The third-order valence-electron chi connectivity index (χ3n) is 2.68. The van der Waals surface area contributed by atoms with Gasteiger partial charge in [-0.3, -0.25) is 0 Å². The zero-order valence-corrected chi connectivity index (χ0v) is 11.8. The van der Waals surface area contributed by atoms with Crippen LogP contribution < -0.4 is 11.1 Å². The number of hydrogen-bond donors (Lipinski definition) is 3. The first-order valence-corrected chi connectivity index (χ1v) is 6.54. The number of nitrogens with two attached hydrogens (primary N) is 1. The van der Waals surface area contributed by atoms with Gasteiger partial charge in [-0.25, -0.2) is 0 Å². The molecule has 0 unspecified atom stereocenters. The second kappa shape index (κ2) is 6.24. The van der Waals surface area contributed by atoms with Crippen molar-refractivity contribution >= 4 is 27.5 Å². The normalized spacial score (nSPS) is 11.3. The van der Waals surface area contributed by atoms with Gasteiger partial charge in [0, 0.05) is 22.3 Å². The second-order valence-corrected chi connectivity index (χ2v) is 4.96. The van der Waals surface area contributed by atoms with Gasteiger partial charge in [0.25, 0.3) is 0 Å². The molecule has 0 amide bonds. The fourth-order valence-electron chi connectivity index (χ4n) is 1.65. The molecular weight excluding hydrogens is 306 g/mol. The minimum Gasteiger partial charge on any atom is -0.409 e. The maximum atomic E-state index is 8.58. The molecule has 5 heteroatoms. The molecule has 0 saturated heterocycles. The fraction of sp³-hybridized carbons (Fsp3) is 0.0714. The predicted octanol–water partition coefficient (Wildman–Crippen LogP) is 3.16. The molecule has 0 radical (unpaired) electrons. The Morgan fingerprint density at radius 1 is 1.21 bits per heavy atom. The van der Waals surface area contributed by atoms with E-state index < -0.39 is 0 Å². The van der Waals surface area contributed by atoms with Crippen molar-refractivity contribution in [2.24, 2.45) is 10.9 Å². The summed E-state index contributed by atoms with van der Waals surface area (Å²) in [5.74, 6) is 0.117. The molecule has 2 aromatic carbocycles. The highest BCUT2D eigenvalue weighted by Crippen LogP contribution is 2.16. The highest BCUT2D eigenvalue weighted by Gasteiger charge is 1.99. The Kier molecular flexibility index (Phi) is 4.41. The van der Waals surface area contributed by atoms with Crippen LogP contribution in [0.25, 0.3) is 0 Å². The number of oxime groups is 1. The summed E-state index contributed by atoms with van der Waals surface area (Å²) in [6.45, 7) is 0.715. The van der Waals surface area contributed by atoms with Gasteiger partial charge in [0.1, 0.15) is 0 Å². The topological polar surface area (TPSA) is 70.6 Å². The second-order valence-electron chi connectivity index (χ2n) is 4.05. The van der Waals surface area contributed by atoms with E-state index in [0.29, 0.717) is 12.1 Å². The van der Waals surface area contributed by atoms with Crippen molar-refractivity contribution < 1.29 is 5.21 Å². The molecule has 0 atom stereocenters. The number of benzene rings is 2. The van der Waals surface area contributed by atoms with Crippen LogP contribution in [0.2, 0.25) is 0 Å². The van der Waals surface area contributed by atoms with Crippen LogP contribution in [0.3, 0.4) is 0 Å². The van der Waals surface area contributed by atoms with Gasteiger partial charge in [0.05, 0.1) is 0 Å². The smallest absolute Gasteiger partial charge is 0.170 e. The standard InChI is InChI=1S/C14H14BrN3O/c15-12-2-1-3-13(8-12)17-9-10-4-6-11(7-5-10)14(16)18-19/h1-8,17,19H,9H2,(H2,16,18). The molecule has 2 aromatic rings. The lowest BCUT2D eigenvalue weighted by molar-refractivity contribution is 0.318. The highest BCUT2D eigenvalue weighted by atomic mass is 79.9. The number of rotatable bonds is 4. The lowest BCUT2D eigenvalue weighted by atomic mass is 10.1. The maximum Gasteiger partial charge on any atom is 0.170 e. The maximum absolute atomic E-state index is 8.58. The zero-order chi connectivity index (χ0) is 13.7. The third-order valence-corrected chi connectivity index (χ3v) is 3.17. The Morgan fingerprint density at radius 3 is 2.58 bits per heavy atom. The molecule has 0 fully saturated rings. The molecule has 0 heterocycles. The minimum absolute atomic E-state index is 0.117. The Morgan fingerprint density at radius 2 is 1.95 bits per heavy atom. The number of nitrogens with zero attached hydrogens (tertiary/aromatic N) is 1. The minimum atomic E-state index is 0.117. The Bertz CT molecular complexity index is 581. The lowest BCUT2D eigenvalue weighted by Crippen LogP contribution is -2.12. The van der Waals surface area contributed by atoms with Crippen molar-refractivity contribution in [1.82, 2.24) is 0 Å². The summed E-state index contributed by atoms with van der Waals surface area (Å²) in [6.07, 6.45) is 0. The number of nitrogens with one attached hydrogen (secondary N) is 1. The van der Waals surface area contributed by atoms with E-state index in [9.17, 15) is 0 Å². The average molecular weight is 320 g/mol. The number of anilines is 1. The van der Waals surface area contributed by atoms with E-state index in [4.69, 9.17) is 10.9 Å². The molecule has 0 bridgehead atoms. The van der Waals surface area contributed by atoms with Crippen molar-refractivity contribution in [3.05, 3.63) is 64.1 Å². The van der Waals surface area contributed by atoms with Crippen LogP contribution in [0.1, 0.15) is 11.1 Å². The molecule has 0 aromatic heterocycles. The lowest BCUT2D eigenvalue weighted by Gasteiger charge is -2.07. The molecule has 0 aliphatic heterocycles. The van der Waals surface area contributed by atoms with E-state index in [2.05, 4.69) is 26.4 Å². The van der Waals surface area contributed by atoms with Crippen LogP contribution in [0.15, 0.2) is 58.2 Å². The van der Waals surface area contributed by atoms with Crippen molar-refractivity contribution in [1.29, 1.82) is 0 Å². The van der Waals surface area contributed by atoms with E-state index in [1.807, 2.05) is 48.5 Å². The van der Waals surface area contributed by atoms with Crippen LogP contribution in [-0.2, 0) is 6.54 Å². The molecule has 0 saturated carbocycles. The van der Waals surface area contributed by atoms with Crippen LogP contribution in [0, 0.1) is 0 Å². The molecule has 98 valence electrons. The number of halogens is 1. The van der Waals surface area contributed by atoms with Crippen LogP contribution in [0.5, 0.6) is 0 Å². The molecule has 0 aliphatic rings. The van der Waals surface area contributed by atoms with Gasteiger partial charge in [0.2, 0.25) is 0 Å². The molecule has 19 heavy (non-hydrogen) atoms. The largest absolute Gasteiger partial charge is 0.409 e. The monoisotopic (exact) mass is 319 g/mol. The van der Waals surface area contributed by atoms with Crippen LogP contribution in [-0.4, -0.2) is 11.0 Å². The average Bonchev–Trinajstić information content (AvgIpc) is 2.45. The van der Waals surface area contributed by atoms with Gasteiger partial charge in [-0.05, 0) is 23.8 Å². The number of hydrogen-bond acceptors (Lipinski definition) is 3. The van der Waals surface area contributed by atoms with Gasteiger partial charge in [0.15, 0.2) is 5.84 Å². The first-order valence-electron chi connectivity index (χ1n) is 5.75. The van der Waals surface area contributed by atoms with Gasteiger partial charge in [-0.1, -0.05) is 51.4 Å². The fourth-order valence-corrected chi connectivity index (χ4v) is 2.05. The summed E-state index contributed by atoms with van der Waals surface area (Å²) in [5, 5.41) is 14.9. The summed E-state index contributed by atoms with van der Waals surface area (Å²) in [4.78, 5) is 0. The summed E-state index contributed by atoms with van der Waals surface area (Å²) >= 11 is 3.43. The summed E-state index contributed by atoms with van der Waals surface area (Å²) in [5.41, 5.74) is 8.38. The molecular formula is C14H14BrN3O. The Hall–Kier alpha value is -2.01. The van der Waals surface area contributed by atoms with E-state index >= 15 is 0 Å².